The van der Waals surface area contributed by atoms with Gasteiger partial charge in [-0.15, -0.1) is 0 Å². The smallest absolute Gasteiger partial charge is 0.226 e. The second-order valence-corrected chi connectivity index (χ2v) is 7.08. The van der Waals surface area contributed by atoms with Gasteiger partial charge in [-0.25, -0.2) is 8.78 Å². The zero-order chi connectivity index (χ0) is 17.2. The van der Waals surface area contributed by atoms with Gasteiger partial charge in [-0.3, -0.25) is 4.79 Å². The molecule has 0 heterocycles. The highest BCUT2D eigenvalue weighted by atomic mass is 19.2. The van der Waals surface area contributed by atoms with Crippen LogP contribution in [0, 0.1) is 23.0 Å². The largest absolute Gasteiger partial charge is 0.386 e. The molecule has 5 heteroatoms. The summed E-state index contributed by atoms with van der Waals surface area (Å²) in [6, 6.07) is 2.68. The highest BCUT2D eigenvalue weighted by molar-refractivity contribution is 5.82. The maximum absolute atomic E-state index is 13.3. The van der Waals surface area contributed by atoms with Gasteiger partial charge in [0.1, 0.15) is 0 Å². The van der Waals surface area contributed by atoms with Crippen LogP contribution in [0.4, 0.5) is 8.78 Å². The molecule has 2 rings (SSSR count). The van der Waals surface area contributed by atoms with Crippen molar-refractivity contribution >= 4 is 5.91 Å². The first-order valence-electron chi connectivity index (χ1n) is 8.17. The van der Waals surface area contributed by atoms with Crippen LogP contribution in [-0.4, -0.2) is 17.1 Å². The summed E-state index contributed by atoms with van der Waals surface area (Å²) in [6.45, 7) is 5.51. The molecule has 23 heavy (non-hydrogen) atoms. The summed E-state index contributed by atoms with van der Waals surface area (Å²) in [5.41, 5.74) is -0.256. The van der Waals surface area contributed by atoms with E-state index in [2.05, 4.69) is 5.32 Å². The lowest BCUT2D eigenvalue weighted by Crippen LogP contribution is -2.46. The summed E-state index contributed by atoms with van der Waals surface area (Å²) in [5.74, 6) is -1.74. The summed E-state index contributed by atoms with van der Waals surface area (Å²) in [6.07, 6.45) is 3.29. The Kier molecular flexibility index (Phi) is 5.40. The van der Waals surface area contributed by atoms with Crippen molar-refractivity contribution in [2.75, 3.05) is 0 Å². The predicted octanol–water partition coefficient (Wildman–Crippen LogP) is 3.72. The maximum Gasteiger partial charge on any atom is 0.226 e. The summed E-state index contributed by atoms with van der Waals surface area (Å²) in [7, 11) is 0. The second-order valence-electron chi connectivity index (χ2n) is 7.08. The molecule has 1 saturated carbocycles. The molecule has 2 atom stereocenters. The first-order chi connectivity index (χ1) is 10.7. The minimum Gasteiger partial charge on any atom is -0.386 e. The van der Waals surface area contributed by atoms with Crippen molar-refractivity contribution in [2.45, 2.75) is 58.6 Å². The molecule has 1 aromatic carbocycles. The molecule has 0 aliphatic heterocycles. The fraction of sp³-hybridized carbons (Fsp3) is 0.611. The number of amides is 1. The number of benzene rings is 1. The molecule has 0 radical (unpaired) electrons. The van der Waals surface area contributed by atoms with Gasteiger partial charge in [0, 0.05) is 5.41 Å². The van der Waals surface area contributed by atoms with Crippen LogP contribution in [0.5, 0.6) is 0 Å². The number of halogens is 2. The van der Waals surface area contributed by atoms with Crippen molar-refractivity contribution < 1.29 is 18.7 Å². The van der Waals surface area contributed by atoms with E-state index in [1.54, 1.807) is 6.92 Å². The van der Waals surface area contributed by atoms with Crippen LogP contribution in [0.2, 0.25) is 0 Å². The molecule has 2 N–H and O–H groups in total. The topological polar surface area (TPSA) is 49.3 Å². The minimum atomic E-state index is -1.09. The molecule has 1 aromatic rings. The van der Waals surface area contributed by atoms with Gasteiger partial charge in [0.05, 0.1) is 12.1 Å². The summed E-state index contributed by atoms with van der Waals surface area (Å²) in [5, 5.41) is 13.1. The normalized spacial score (nSPS) is 18.7. The molecule has 0 saturated heterocycles. The highest BCUT2D eigenvalue weighted by Gasteiger charge is 2.39. The lowest BCUT2D eigenvalue weighted by atomic mass is 9.76. The molecule has 0 spiro atoms. The number of hydrogen-bond acceptors (Lipinski definition) is 2. The van der Waals surface area contributed by atoms with Crippen molar-refractivity contribution in [3.63, 3.8) is 0 Å². The molecule has 1 amide bonds. The van der Waals surface area contributed by atoms with Gasteiger partial charge in [-0.2, -0.15) is 0 Å². The van der Waals surface area contributed by atoms with E-state index in [-0.39, 0.29) is 11.5 Å². The Morgan fingerprint density at radius 3 is 2.43 bits per heavy atom. The molecular formula is C18H25F2NO2. The van der Waals surface area contributed by atoms with E-state index in [0.29, 0.717) is 5.92 Å². The fourth-order valence-electron chi connectivity index (χ4n) is 3.29. The molecule has 128 valence electrons. The summed E-state index contributed by atoms with van der Waals surface area (Å²) < 4.78 is 26.3. The molecule has 3 nitrogen and oxygen atoms in total. The number of carbonyl (C=O) groups excluding carboxylic acids is 1. The van der Waals surface area contributed by atoms with Crippen molar-refractivity contribution in [2.24, 2.45) is 11.3 Å². The summed E-state index contributed by atoms with van der Waals surface area (Å²) >= 11 is 0. The zero-order valence-electron chi connectivity index (χ0n) is 13.9. The summed E-state index contributed by atoms with van der Waals surface area (Å²) in [4.78, 5) is 12.6. The lowest BCUT2D eigenvalue weighted by molar-refractivity contribution is -0.133. The van der Waals surface area contributed by atoms with Crippen molar-refractivity contribution in [3.8, 4) is 0 Å². The molecule has 1 fully saturated rings. The molecule has 0 aromatic heterocycles. The van der Waals surface area contributed by atoms with Crippen molar-refractivity contribution in [1.29, 1.82) is 0 Å². The van der Waals surface area contributed by atoms with Crippen LogP contribution in [-0.2, 0) is 4.79 Å². The third-order valence-electron chi connectivity index (χ3n) is 5.08. The Hall–Kier alpha value is -1.49. The van der Waals surface area contributed by atoms with E-state index in [1.165, 1.54) is 6.07 Å². The third-order valence-corrected chi connectivity index (χ3v) is 5.08. The second kappa shape index (κ2) is 6.95. The highest BCUT2D eigenvalue weighted by Crippen LogP contribution is 2.39. The van der Waals surface area contributed by atoms with Crippen LogP contribution >= 0.6 is 0 Å². The fourth-order valence-corrected chi connectivity index (χ4v) is 3.29. The number of nitrogens with one attached hydrogen (secondary N) is 1. The quantitative estimate of drug-likeness (QED) is 0.867. The van der Waals surface area contributed by atoms with E-state index in [1.807, 2.05) is 13.8 Å². The molecular weight excluding hydrogens is 300 g/mol. The van der Waals surface area contributed by atoms with Crippen LogP contribution in [0.1, 0.15) is 58.1 Å². The molecule has 1 aliphatic rings. The number of rotatable bonds is 5. The van der Waals surface area contributed by atoms with Gasteiger partial charge in [0.15, 0.2) is 11.6 Å². The monoisotopic (exact) mass is 325 g/mol. The van der Waals surface area contributed by atoms with Gasteiger partial charge in [-0.05, 0) is 43.4 Å². The SMILES string of the molecule is CC(NC(=O)C(C)(C)C1CCCC1)C(O)c1ccc(F)c(F)c1. The van der Waals surface area contributed by atoms with E-state index in [4.69, 9.17) is 0 Å². The maximum atomic E-state index is 13.3. The van der Waals surface area contributed by atoms with Gasteiger partial charge in [-0.1, -0.05) is 32.8 Å². The van der Waals surface area contributed by atoms with Crippen LogP contribution in [0.3, 0.4) is 0 Å². The Morgan fingerprint density at radius 2 is 1.87 bits per heavy atom. The molecule has 1 aliphatic carbocycles. The van der Waals surface area contributed by atoms with Crippen molar-refractivity contribution in [3.05, 3.63) is 35.4 Å². The number of aliphatic hydroxyl groups is 1. The third kappa shape index (κ3) is 3.89. The number of aliphatic hydroxyl groups excluding tert-OH is 1. The first-order valence-corrected chi connectivity index (χ1v) is 8.17. The number of carbonyl (C=O) groups is 1. The van der Waals surface area contributed by atoms with E-state index >= 15 is 0 Å². The Labute approximate surface area is 136 Å². The predicted molar refractivity (Wildman–Crippen MR) is 84.7 cm³/mol. The van der Waals surface area contributed by atoms with Crippen molar-refractivity contribution in [1.82, 2.24) is 5.32 Å². The average molecular weight is 325 g/mol. The Bertz CT molecular complexity index is 568. The van der Waals surface area contributed by atoms with Gasteiger partial charge >= 0.3 is 0 Å². The molecule has 2 unspecified atom stereocenters. The van der Waals surface area contributed by atoms with Gasteiger partial charge < -0.3 is 10.4 Å². The van der Waals surface area contributed by atoms with Crippen LogP contribution < -0.4 is 5.32 Å². The van der Waals surface area contributed by atoms with E-state index in [9.17, 15) is 18.7 Å². The minimum absolute atomic E-state index is 0.112. The van der Waals surface area contributed by atoms with Crippen LogP contribution in [0.25, 0.3) is 0 Å². The Balaban J connectivity index is 2.03. The van der Waals surface area contributed by atoms with E-state index < -0.39 is 29.2 Å². The van der Waals surface area contributed by atoms with Gasteiger partial charge in [0.2, 0.25) is 5.91 Å². The van der Waals surface area contributed by atoms with Gasteiger partial charge in [0.25, 0.3) is 0 Å². The van der Waals surface area contributed by atoms with Crippen LogP contribution in [0.15, 0.2) is 18.2 Å². The zero-order valence-corrected chi connectivity index (χ0v) is 13.9. The van der Waals surface area contributed by atoms with E-state index in [0.717, 1.165) is 37.8 Å². The Morgan fingerprint density at radius 1 is 1.26 bits per heavy atom. The average Bonchev–Trinajstić information content (AvgIpc) is 3.04. The lowest BCUT2D eigenvalue weighted by Gasteiger charge is -2.32. The number of hydrogen-bond donors (Lipinski definition) is 2. The molecule has 0 bridgehead atoms. The first kappa shape index (κ1) is 17.9. The standard InChI is InChI=1S/C18H25F2NO2/c1-11(16(22)12-8-9-14(19)15(20)10-12)21-17(23)18(2,3)13-6-4-5-7-13/h8-11,13,16,22H,4-7H2,1-3H3,(H,21,23).